The molecule has 6 nitrogen and oxygen atoms in total. The molecule has 0 saturated carbocycles. The summed E-state index contributed by atoms with van der Waals surface area (Å²) < 4.78 is 41.5. The number of thioether (sulfide) groups is 1. The van der Waals surface area contributed by atoms with E-state index >= 15 is 0 Å². The molecule has 1 heterocycles. The molecule has 2 N–H and O–H groups in total. The van der Waals surface area contributed by atoms with Gasteiger partial charge in [-0.25, -0.2) is 4.98 Å². The van der Waals surface area contributed by atoms with Gasteiger partial charge in [0.25, 0.3) is 5.91 Å². The third-order valence-corrected chi connectivity index (χ3v) is 6.72. The van der Waals surface area contributed by atoms with Crippen LogP contribution in [-0.2, 0) is 6.54 Å². The molecule has 4 rings (SSSR count). The molecule has 0 unspecified atom stereocenters. The van der Waals surface area contributed by atoms with Gasteiger partial charge >= 0.3 is 6.36 Å². The van der Waals surface area contributed by atoms with Gasteiger partial charge in [-0.1, -0.05) is 24.3 Å². The van der Waals surface area contributed by atoms with Crippen molar-refractivity contribution < 1.29 is 22.7 Å². The summed E-state index contributed by atoms with van der Waals surface area (Å²) in [5.41, 5.74) is 5.63. The average molecular weight is 567 g/mol. The fourth-order valence-corrected chi connectivity index (χ4v) is 4.61. The minimum absolute atomic E-state index is 0.209. The van der Waals surface area contributed by atoms with Crippen molar-refractivity contribution in [3.63, 3.8) is 0 Å². The SMILES string of the molecule is CSc1cnc(Nc2ccc(C(=O)Nc3cc(CN(C)C)ccc3C)cc2)cc1-c1ccc(OC(F)(F)F)cc1. The fraction of sp³-hybridized carbons (Fsp3) is 0.200. The summed E-state index contributed by atoms with van der Waals surface area (Å²) in [6.45, 7) is 2.73. The van der Waals surface area contributed by atoms with E-state index in [4.69, 9.17) is 0 Å². The summed E-state index contributed by atoms with van der Waals surface area (Å²) in [5.74, 6) is 0.0585. The van der Waals surface area contributed by atoms with Crippen molar-refractivity contribution in [2.45, 2.75) is 24.7 Å². The third-order valence-electron chi connectivity index (χ3n) is 5.95. The molecule has 0 aliphatic heterocycles. The number of pyridine rings is 1. The number of hydrogen-bond acceptors (Lipinski definition) is 6. The molecule has 0 atom stereocenters. The second kappa shape index (κ2) is 12.4. The predicted octanol–water partition coefficient (Wildman–Crippen LogP) is 7.74. The Bertz CT molecular complexity index is 1470. The molecule has 0 aliphatic carbocycles. The molecule has 1 aromatic heterocycles. The Morgan fingerprint density at radius 1 is 1.00 bits per heavy atom. The average Bonchev–Trinajstić information content (AvgIpc) is 2.90. The van der Waals surface area contributed by atoms with Crippen molar-refractivity contribution >= 4 is 34.9 Å². The van der Waals surface area contributed by atoms with Crippen molar-refractivity contribution in [3.05, 3.63) is 95.7 Å². The molecule has 208 valence electrons. The number of hydrogen-bond donors (Lipinski definition) is 2. The van der Waals surface area contributed by atoms with Crippen molar-refractivity contribution in [2.24, 2.45) is 0 Å². The highest BCUT2D eigenvalue weighted by molar-refractivity contribution is 7.98. The molecule has 0 spiro atoms. The number of aryl methyl sites for hydroxylation is 1. The summed E-state index contributed by atoms with van der Waals surface area (Å²) in [6, 6.07) is 20.6. The fourth-order valence-electron chi connectivity index (χ4n) is 4.05. The molecule has 0 aliphatic rings. The molecule has 0 saturated heterocycles. The van der Waals surface area contributed by atoms with Crippen LogP contribution < -0.4 is 15.4 Å². The van der Waals surface area contributed by atoms with Gasteiger partial charge < -0.3 is 20.3 Å². The Labute approximate surface area is 235 Å². The number of halogens is 3. The molecule has 0 fully saturated rings. The maximum absolute atomic E-state index is 12.9. The summed E-state index contributed by atoms with van der Waals surface area (Å²) in [7, 11) is 3.99. The smallest absolute Gasteiger partial charge is 0.406 e. The Morgan fingerprint density at radius 2 is 1.70 bits per heavy atom. The second-order valence-corrected chi connectivity index (χ2v) is 10.2. The molecule has 40 heavy (non-hydrogen) atoms. The van der Waals surface area contributed by atoms with Crippen LogP contribution in [0, 0.1) is 6.92 Å². The zero-order valence-corrected chi connectivity index (χ0v) is 23.3. The zero-order chi connectivity index (χ0) is 28.9. The molecule has 0 radical (unpaired) electrons. The third kappa shape index (κ3) is 7.77. The van der Waals surface area contributed by atoms with Gasteiger partial charge in [-0.3, -0.25) is 4.79 Å². The molecular formula is C30H29F3N4O2S. The first kappa shape index (κ1) is 29.0. The van der Waals surface area contributed by atoms with Crippen LogP contribution >= 0.6 is 11.8 Å². The molecule has 3 aromatic carbocycles. The molecular weight excluding hydrogens is 537 g/mol. The van der Waals surface area contributed by atoms with E-state index in [-0.39, 0.29) is 11.7 Å². The highest BCUT2D eigenvalue weighted by atomic mass is 32.2. The van der Waals surface area contributed by atoms with E-state index in [0.29, 0.717) is 11.4 Å². The monoisotopic (exact) mass is 566 g/mol. The van der Waals surface area contributed by atoms with Gasteiger partial charge in [-0.15, -0.1) is 24.9 Å². The number of nitrogens with zero attached hydrogens (tertiary/aromatic N) is 2. The van der Waals surface area contributed by atoms with Crippen molar-refractivity contribution in [1.82, 2.24) is 9.88 Å². The van der Waals surface area contributed by atoms with Crippen LogP contribution in [0.15, 0.2) is 83.9 Å². The first-order valence-corrected chi connectivity index (χ1v) is 13.6. The lowest BCUT2D eigenvalue weighted by Gasteiger charge is -2.14. The van der Waals surface area contributed by atoms with E-state index in [9.17, 15) is 18.0 Å². The highest BCUT2D eigenvalue weighted by Gasteiger charge is 2.31. The maximum atomic E-state index is 12.9. The Hall–Kier alpha value is -4.02. The molecule has 10 heteroatoms. The number of carbonyl (C=O) groups is 1. The number of ether oxygens (including phenoxy) is 1. The van der Waals surface area contributed by atoms with E-state index < -0.39 is 6.36 Å². The van der Waals surface area contributed by atoms with Gasteiger partial charge in [0.15, 0.2) is 0 Å². The van der Waals surface area contributed by atoms with E-state index in [1.54, 1.807) is 42.6 Å². The van der Waals surface area contributed by atoms with Crippen LogP contribution in [0.3, 0.4) is 0 Å². The van der Waals surface area contributed by atoms with Crippen LogP contribution in [0.2, 0.25) is 0 Å². The van der Waals surface area contributed by atoms with Crippen molar-refractivity contribution in [2.75, 3.05) is 31.0 Å². The summed E-state index contributed by atoms with van der Waals surface area (Å²) in [6.07, 6.45) is -1.14. The lowest BCUT2D eigenvalue weighted by Crippen LogP contribution is -2.16. The predicted molar refractivity (Wildman–Crippen MR) is 154 cm³/mol. The number of alkyl halides is 3. The first-order chi connectivity index (χ1) is 19.0. The Kier molecular flexibility index (Phi) is 9.01. The zero-order valence-electron chi connectivity index (χ0n) is 22.5. The number of rotatable bonds is 9. The van der Waals surface area contributed by atoms with Gasteiger partial charge in [-0.2, -0.15) is 0 Å². The van der Waals surface area contributed by atoms with Gasteiger partial charge in [0.2, 0.25) is 0 Å². The maximum Gasteiger partial charge on any atom is 0.573 e. The number of amides is 1. The number of carbonyl (C=O) groups excluding carboxylic acids is 1. The minimum Gasteiger partial charge on any atom is -0.406 e. The van der Waals surface area contributed by atoms with Crippen LogP contribution in [0.25, 0.3) is 11.1 Å². The van der Waals surface area contributed by atoms with Crippen LogP contribution in [0.4, 0.5) is 30.4 Å². The lowest BCUT2D eigenvalue weighted by atomic mass is 10.1. The summed E-state index contributed by atoms with van der Waals surface area (Å²) >= 11 is 1.48. The molecule has 4 aromatic rings. The Morgan fingerprint density at radius 3 is 2.33 bits per heavy atom. The normalized spacial score (nSPS) is 11.4. The minimum atomic E-state index is -4.74. The standard InChI is InChI=1S/C30H29F3N4O2S/c1-19-5-6-20(18-37(2)3)15-26(19)36-29(38)22-7-11-23(12-8-22)35-28-16-25(27(40-4)17-34-28)21-9-13-24(14-10-21)39-30(31,32)33/h5-17H,18H2,1-4H3,(H,34,35)(H,36,38). The van der Waals surface area contributed by atoms with Crippen molar-refractivity contribution in [1.29, 1.82) is 0 Å². The van der Waals surface area contributed by atoms with Crippen LogP contribution in [-0.4, -0.2) is 42.5 Å². The van der Waals surface area contributed by atoms with Crippen molar-refractivity contribution in [3.8, 4) is 16.9 Å². The van der Waals surface area contributed by atoms with E-state index in [2.05, 4.69) is 25.3 Å². The summed E-state index contributed by atoms with van der Waals surface area (Å²) in [5, 5.41) is 6.23. The van der Waals surface area contributed by atoms with E-state index in [0.717, 1.165) is 45.1 Å². The van der Waals surface area contributed by atoms with Gasteiger partial charge in [0.1, 0.15) is 11.6 Å². The second-order valence-electron chi connectivity index (χ2n) is 9.39. The number of aromatic nitrogens is 1. The highest BCUT2D eigenvalue weighted by Crippen LogP contribution is 2.34. The quantitative estimate of drug-likeness (QED) is 0.202. The van der Waals surface area contributed by atoms with Crippen LogP contribution in [0.1, 0.15) is 21.5 Å². The summed E-state index contributed by atoms with van der Waals surface area (Å²) in [4.78, 5) is 20.3. The topological polar surface area (TPSA) is 66.5 Å². The molecule has 0 bridgehead atoms. The molecule has 1 amide bonds. The lowest BCUT2D eigenvalue weighted by molar-refractivity contribution is -0.274. The first-order valence-electron chi connectivity index (χ1n) is 12.3. The van der Waals surface area contributed by atoms with Gasteiger partial charge in [0, 0.05) is 40.1 Å². The van der Waals surface area contributed by atoms with E-state index in [1.807, 2.05) is 51.5 Å². The van der Waals surface area contributed by atoms with Gasteiger partial charge in [0.05, 0.1) is 0 Å². The number of nitrogens with one attached hydrogen (secondary N) is 2. The van der Waals surface area contributed by atoms with E-state index in [1.165, 1.54) is 23.9 Å². The largest absolute Gasteiger partial charge is 0.573 e. The van der Waals surface area contributed by atoms with Gasteiger partial charge in [-0.05, 0) is 92.5 Å². The number of anilines is 3. The Balaban J connectivity index is 1.47. The number of benzene rings is 3. The van der Waals surface area contributed by atoms with Crippen LogP contribution in [0.5, 0.6) is 5.75 Å².